The van der Waals surface area contributed by atoms with Crippen molar-refractivity contribution in [2.45, 2.75) is 31.8 Å². The van der Waals surface area contributed by atoms with Crippen molar-refractivity contribution in [3.8, 4) is 17.7 Å². The van der Waals surface area contributed by atoms with Gasteiger partial charge in [0.2, 0.25) is 17.5 Å². The van der Waals surface area contributed by atoms with Gasteiger partial charge in [-0.05, 0) is 31.9 Å². The van der Waals surface area contributed by atoms with Crippen molar-refractivity contribution >= 4 is 11.8 Å². The van der Waals surface area contributed by atoms with Gasteiger partial charge in [0.25, 0.3) is 5.89 Å². The molecule has 0 spiro atoms. The summed E-state index contributed by atoms with van der Waals surface area (Å²) in [5.41, 5.74) is 0.254. The van der Waals surface area contributed by atoms with Crippen LogP contribution in [-0.2, 0) is 4.79 Å². The van der Waals surface area contributed by atoms with Gasteiger partial charge in [-0.25, -0.2) is 0 Å². The molecule has 0 aromatic carbocycles. The van der Waals surface area contributed by atoms with Crippen molar-refractivity contribution in [1.29, 1.82) is 5.26 Å². The van der Waals surface area contributed by atoms with Gasteiger partial charge in [0, 0.05) is 32.2 Å². The highest BCUT2D eigenvalue weighted by Gasteiger charge is 2.31. The Kier molecular flexibility index (Phi) is 4.39. The minimum atomic E-state index is -0.151. The maximum Gasteiger partial charge on any atom is 0.266 e. The molecule has 136 valence electrons. The van der Waals surface area contributed by atoms with Crippen LogP contribution in [0.2, 0.25) is 0 Å². The van der Waals surface area contributed by atoms with Gasteiger partial charge >= 0.3 is 0 Å². The number of piperazine rings is 1. The lowest BCUT2D eigenvalue weighted by atomic mass is 10.2. The summed E-state index contributed by atoms with van der Waals surface area (Å²) in [6.07, 6.45) is 3.72. The van der Waals surface area contributed by atoms with Gasteiger partial charge in [0.15, 0.2) is 5.76 Å². The molecule has 0 unspecified atom stereocenters. The first-order valence-corrected chi connectivity index (χ1v) is 8.90. The van der Waals surface area contributed by atoms with E-state index in [0.717, 1.165) is 25.9 Å². The molecule has 1 aliphatic carbocycles. The third-order valence-electron chi connectivity index (χ3n) is 4.90. The van der Waals surface area contributed by atoms with Gasteiger partial charge in [0.05, 0.1) is 12.3 Å². The van der Waals surface area contributed by atoms with Crippen LogP contribution in [0.5, 0.6) is 0 Å². The van der Waals surface area contributed by atoms with Crippen molar-refractivity contribution in [2.75, 3.05) is 31.1 Å². The number of nitrogens with zero attached hydrogens (tertiary/aromatic N) is 4. The second kappa shape index (κ2) is 6.84. The zero-order valence-corrected chi connectivity index (χ0v) is 14.6. The number of hydrogen-bond acceptors (Lipinski definition) is 7. The molecule has 1 atom stereocenters. The Morgan fingerprint density at radius 1 is 1.38 bits per heavy atom. The Balaban J connectivity index is 1.41. The monoisotopic (exact) mass is 355 g/mol. The molecule has 2 aliphatic rings. The molecule has 2 fully saturated rings. The fourth-order valence-electron chi connectivity index (χ4n) is 3.13. The molecule has 8 heteroatoms. The van der Waals surface area contributed by atoms with E-state index in [-0.39, 0.29) is 17.6 Å². The van der Waals surface area contributed by atoms with Gasteiger partial charge in [0.1, 0.15) is 6.07 Å². The van der Waals surface area contributed by atoms with E-state index in [2.05, 4.69) is 21.3 Å². The highest BCUT2D eigenvalue weighted by Crippen LogP contribution is 2.29. The smallest absolute Gasteiger partial charge is 0.266 e. The van der Waals surface area contributed by atoms with Crippen molar-refractivity contribution in [1.82, 2.24) is 15.2 Å². The molecule has 1 amide bonds. The largest absolute Gasteiger partial charge is 0.459 e. The van der Waals surface area contributed by atoms with Gasteiger partial charge in [-0.3, -0.25) is 9.69 Å². The number of hydrogen-bond donors (Lipinski definition) is 1. The highest BCUT2D eigenvalue weighted by atomic mass is 16.4. The van der Waals surface area contributed by atoms with E-state index in [0.29, 0.717) is 36.7 Å². The molecule has 8 nitrogen and oxygen atoms in total. The first-order valence-electron chi connectivity index (χ1n) is 8.90. The lowest BCUT2D eigenvalue weighted by Gasteiger charge is -2.37. The van der Waals surface area contributed by atoms with E-state index >= 15 is 0 Å². The van der Waals surface area contributed by atoms with E-state index in [1.165, 1.54) is 6.26 Å². The molecule has 1 saturated carbocycles. The highest BCUT2D eigenvalue weighted by molar-refractivity contribution is 5.81. The Bertz CT molecular complexity index is 810. The fourth-order valence-corrected chi connectivity index (χ4v) is 3.13. The molecule has 2 aromatic rings. The van der Waals surface area contributed by atoms with Gasteiger partial charge in [-0.15, -0.1) is 0 Å². The van der Waals surface area contributed by atoms with Crippen molar-refractivity contribution in [3.63, 3.8) is 0 Å². The average molecular weight is 355 g/mol. The maximum absolute atomic E-state index is 12.2. The Morgan fingerprint density at radius 2 is 2.15 bits per heavy atom. The predicted octanol–water partition coefficient (Wildman–Crippen LogP) is 1.60. The molecule has 1 aliphatic heterocycles. The zero-order chi connectivity index (χ0) is 18.1. The van der Waals surface area contributed by atoms with Crippen LogP contribution in [0.4, 0.5) is 5.88 Å². The fraction of sp³-hybridized carbons (Fsp3) is 0.500. The van der Waals surface area contributed by atoms with Gasteiger partial charge < -0.3 is 19.1 Å². The number of aromatic nitrogens is 1. The molecule has 4 rings (SSSR count). The number of amides is 1. The molecule has 0 radical (unpaired) electrons. The minimum Gasteiger partial charge on any atom is -0.459 e. The normalized spacial score (nSPS) is 19.2. The standard InChI is InChI=1S/C18H21N5O3/c1-12(16(24)20-13-4-5-13)22-6-8-23(9-7-22)18-14(11-19)21-17(26-18)15-3-2-10-25-15/h2-3,10,12-13H,4-9H2,1H3,(H,20,24)/t12-/m0/s1. The van der Waals surface area contributed by atoms with E-state index in [1.807, 2.05) is 11.8 Å². The van der Waals surface area contributed by atoms with Crippen LogP contribution < -0.4 is 10.2 Å². The van der Waals surface area contributed by atoms with Crippen LogP contribution in [0.1, 0.15) is 25.5 Å². The van der Waals surface area contributed by atoms with Crippen LogP contribution in [0.25, 0.3) is 11.7 Å². The molecule has 3 heterocycles. The molecule has 1 N–H and O–H groups in total. The molecule has 1 saturated heterocycles. The summed E-state index contributed by atoms with van der Waals surface area (Å²) < 4.78 is 11.1. The van der Waals surface area contributed by atoms with E-state index < -0.39 is 0 Å². The number of anilines is 1. The zero-order valence-electron chi connectivity index (χ0n) is 14.6. The Labute approximate surface area is 151 Å². The SMILES string of the molecule is C[C@@H](C(=O)NC1CC1)N1CCN(c2oc(-c3ccco3)nc2C#N)CC1. The summed E-state index contributed by atoms with van der Waals surface area (Å²) in [7, 11) is 0. The number of rotatable bonds is 5. The third kappa shape index (κ3) is 3.30. The number of furan rings is 1. The topological polar surface area (TPSA) is 98.5 Å². The number of oxazole rings is 1. The summed E-state index contributed by atoms with van der Waals surface area (Å²) in [5, 5.41) is 12.4. The van der Waals surface area contributed by atoms with Crippen LogP contribution in [0, 0.1) is 11.3 Å². The van der Waals surface area contributed by atoms with Crippen molar-refractivity contribution in [3.05, 3.63) is 24.1 Å². The molecule has 2 aromatic heterocycles. The summed E-state index contributed by atoms with van der Waals surface area (Å²) in [6.45, 7) is 4.73. The molecular weight excluding hydrogens is 334 g/mol. The van der Waals surface area contributed by atoms with Crippen LogP contribution in [-0.4, -0.2) is 54.1 Å². The van der Waals surface area contributed by atoms with Crippen molar-refractivity contribution < 1.29 is 13.6 Å². The summed E-state index contributed by atoms with van der Waals surface area (Å²) in [4.78, 5) is 20.6. The van der Waals surface area contributed by atoms with E-state index in [9.17, 15) is 10.1 Å². The molecule has 26 heavy (non-hydrogen) atoms. The first-order chi connectivity index (χ1) is 12.7. The lowest BCUT2D eigenvalue weighted by Crippen LogP contribution is -2.54. The Hall–Kier alpha value is -2.79. The number of carbonyl (C=O) groups excluding carboxylic acids is 1. The third-order valence-corrected chi connectivity index (χ3v) is 4.90. The van der Waals surface area contributed by atoms with E-state index in [4.69, 9.17) is 8.83 Å². The average Bonchev–Trinajstić information content (AvgIpc) is 3.15. The predicted molar refractivity (Wildman–Crippen MR) is 93.3 cm³/mol. The van der Waals surface area contributed by atoms with Gasteiger partial charge in [-0.1, -0.05) is 0 Å². The lowest BCUT2D eigenvalue weighted by molar-refractivity contribution is -0.126. The molecule has 0 bridgehead atoms. The van der Waals surface area contributed by atoms with Crippen molar-refractivity contribution in [2.24, 2.45) is 0 Å². The van der Waals surface area contributed by atoms with Crippen LogP contribution in [0.15, 0.2) is 27.2 Å². The number of nitriles is 1. The second-order valence-corrected chi connectivity index (χ2v) is 6.74. The minimum absolute atomic E-state index is 0.0958. The van der Waals surface area contributed by atoms with Crippen LogP contribution >= 0.6 is 0 Å². The number of carbonyl (C=O) groups is 1. The second-order valence-electron chi connectivity index (χ2n) is 6.74. The summed E-state index contributed by atoms with van der Waals surface area (Å²) in [5.74, 6) is 1.37. The summed E-state index contributed by atoms with van der Waals surface area (Å²) >= 11 is 0. The Morgan fingerprint density at radius 3 is 2.77 bits per heavy atom. The molecular formula is C18H21N5O3. The number of nitrogens with one attached hydrogen (secondary N) is 1. The van der Waals surface area contributed by atoms with E-state index in [1.54, 1.807) is 12.1 Å². The summed E-state index contributed by atoms with van der Waals surface area (Å²) in [6, 6.07) is 5.81. The first kappa shape index (κ1) is 16.7. The van der Waals surface area contributed by atoms with Gasteiger partial charge in [-0.2, -0.15) is 10.2 Å². The quantitative estimate of drug-likeness (QED) is 0.869. The van der Waals surface area contributed by atoms with Crippen LogP contribution in [0.3, 0.4) is 0 Å². The maximum atomic E-state index is 12.2.